The summed E-state index contributed by atoms with van der Waals surface area (Å²) in [6.45, 7) is 10.7. The van der Waals surface area contributed by atoms with Crippen molar-refractivity contribution < 1.29 is 13.9 Å². The largest absolute Gasteiger partial charge is 0.378 e. The minimum atomic E-state index is -0.963. The standard InChI is InChI=1S/C19H28ClFN2O2.ClH/c1-6-25-15-10-19(22,18(15,4)5)16(24)23-11-17(2,3)13-8-7-12(21)9-14(13)20;/h7-9,15H,6,10-11,22H2,1-5H3,(H,23,24);1H. The lowest BCUT2D eigenvalue weighted by atomic mass is 9.54. The van der Waals surface area contributed by atoms with E-state index in [0.29, 0.717) is 24.6 Å². The van der Waals surface area contributed by atoms with E-state index in [9.17, 15) is 9.18 Å². The van der Waals surface area contributed by atoms with Crippen LogP contribution in [0.25, 0.3) is 0 Å². The quantitative estimate of drug-likeness (QED) is 0.754. The fraction of sp³-hybridized carbons (Fsp3) is 0.632. The molecule has 1 saturated carbocycles. The highest BCUT2D eigenvalue weighted by atomic mass is 35.5. The van der Waals surface area contributed by atoms with Gasteiger partial charge in [-0.3, -0.25) is 4.79 Å². The maximum Gasteiger partial charge on any atom is 0.240 e. The minimum absolute atomic E-state index is 0. The van der Waals surface area contributed by atoms with Gasteiger partial charge >= 0.3 is 0 Å². The lowest BCUT2D eigenvalue weighted by Gasteiger charge is -2.57. The van der Waals surface area contributed by atoms with Crippen molar-refractivity contribution in [1.82, 2.24) is 5.32 Å². The number of carbonyl (C=O) groups is 1. The minimum Gasteiger partial charge on any atom is -0.378 e. The van der Waals surface area contributed by atoms with Crippen molar-refractivity contribution >= 4 is 29.9 Å². The zero-order valence-corrected chi connectivity index (χ0v) is 17.6. The molecule has 1 aliphatic carbocycles. The first-order valence-electron chi connectivity index (χ1n) is 8.60. The van der Waals surface area contributed by atoms with E-state index >= 15 is 0 Å². The van der Waals surface area contributed by atoms with E-state index in [1.54, 1.807) is 6.07 Å². The number of nitrogens with one attached hydrogen (secondary N) is 1. The molecule has 1 aromatic carbocycles. The Hall–Kier alpha value is -0.880. The number of ether oxygens (including phenoxy) is 1. The highest BCUT2D eigenvalue weighted by molar-refractivity contribution is 6.31. The molecule has 2 atom stereocenters. The van der Waals surface area contributed by atoms with Crippen molar-refractivity contribution in [1.29, 1.82) is 0 Å². The van der Waals surface area contributed by atoms with E-state index in [2.05, 4.69) is 5.32 Å². The molecule has 2 rings (SSSR count). The third-order valence-corrected chi connectivity index (χ3v) is 5.90. The summed E-state index contributed by atoms with van der Waals surface area (Å²) in [6.07, 6.45) is 0.477. The molecule has 0 heterocycles. The maximum atomic E-state index is 13.3. The van der Waals surface area contributed by atoms with Gasteiger partial charge in [0.15, 0.2) is 0 Å². The Kier molecular flexibility index (Phi) is 7.13. The van der Waals surface area contributed by atoms with Gasteiger partial charge in [-0.25, -0.2) is 4.39 Å². The number of halogens is 3. The van der Waals surface area contributed by atoms with Crippen molar-refractivity contribution in [3.8, 4) is 0 Å². The lowest BCUT2D eigenvalue weighted by molar-refractivity contribution is -0.170. The summed E-state index contributed by atoms with van der Waals surface area (Å²) < 4.78 is 18.9. The summed E-state index contributed by atoms with van der Waals surface area (Å²) >= 11 is 6.16. The molecule has 0 saturated heterocycles. The Morgan fingerprint density at radius 3 is 2.58 bits per heavy atom. The summed E-state index contributed by atoms with van der Waals surface area (Å²) in [4.78, 5) is 12.7. The Labute approximate surface area is 166 Å². The van der Waals surface area contributed by atoms with Crippen LogP contribution in [0, 0.1) is 11.2 Å². The van der Waals surface area contributed by atoms with Gasteiger partial charge in [-0.2, -0.15) is 0 Å². The molecule has 1 aliphatic rings. The van der Waals surface area contributed by atoms with Crippen LogP contribution in [0.1, 0.15) is 46.6 Å². The molecule has 0 spiro atoms. The fourth-order valence-electron chi connectivity index (χ4n) is 3.41. The number of benzene rings is 1. The van der Waals surface area contributed by atoms with E-state index in [1.165, 1.54) is 12.1 Å². The van der Waals surface area contributed by atoms with Crippen molar-refractivity contribution in [2.75, 3.05) is 13.2 Å². The number of nitrogens with two attached hydrogens (primary N) is 1. The number of rotatable bonds is 6. The summed E-state index contributed by atoms with van der Waals surface area (Å²) in [5.41, 5.74) is 5.32. The molecule has 2 unspecified atom stereocenters. The van der Waals surface area contributed by atoms with Gasteiger partial charge in [-0.05, 0) is 24.6 Å². The van der Waals surface area contributed by atoms with Crippen LogP contribution in [0.3, 0.4) is 0 Å². The van der Waals surface area contributed by atoms with Crippen LogP contribution in [0.2, 0.25) is 5.02 Å². The third-order valence-electron chi connectivity index (χ3n) is 5.59. The van der Waals surface area contributed by atoms with Gasteiger partial charge in [0.1, 0.15) is 11.4 Å². The van der Waals surface area contributed by atoms with Gasteiger partial charge < -0.3 is 15.8 Å². The first-order chi connectivity index (χ1) is 11.5. The maximum absolute atomic E-state index is 13.3. The average Bonchev–Trinajstić information content (AvgIpc) is 2.51. The average molecular weight is 407 g/mol. The van der Waals surface area contributed by atoms with Crippen LogP contribution in [0.4, 0.5) is 4.39 Å². The Morgan fingerprint density at radius 2 is 2.08 bits per heavy atom. The zero-order valence-electron chi connectivity index (χ0n) is 16.0. The highest BCUT2D eigenvalue weighted by Crippen LogP contribution is 2.49. The van der Waals surface area contributed by atoms with Gasteiger partial charge in [0, 0.05) is 35.4 Å². The second kappa shape index (κ2) is 8.01. The highest BCUT2D eigenvalue weighted by Gasteiger charge is 2.62. The molecule has 7 heteroatoms. The molecule has 26 heavy (non-hydrogen) atoms. The molecule has 0 bridgehead atoms. The van der Waals surface area contributed by atoms with Crippen molar-refractivity contribution in [3.63, 3.8) is 0 Å². The van der Waals surface area contributed by atoms with E-state index in [-0.39, 0.29) is 30.2 Å². The van der Waals surface area contributed by atoms with E-state index in [4.69, 9.17) is 22.1 Å². The van der Waals surface area contributed by atoms with Gasteiger partial charge in [0.2, 0.25) is 5.91 Å². The molecule has 1 fully saturated rings. The van der Waals surface area contributed by atoms with Crippen LogP contribution in [0.15, 0.2) is 18.2 Å². The number of amides is 1. The molecule has 148 valence electrons. The predicted octanol–water partition coefficient (Wildman–Crippen LogP) is 3.83. The van der Waals surface area contributed by atoms with E-state index < -0.39 is 16.4 Å². The first kappa shape index (κ1) is 23.2. The Morgan fingerprint density at radius 1 is 1.46 bits per heavy atom. The van der Waals surface area contributed by atoms with E-state index in [1.807, 2.05) is 34.6 Å². The van der Waals surface area contributed by atoms with Crippen LogP contribution in [-0.2, 0) is 14.9 Å². The summed E-state index contributed by atoms with van der Waals surface area (Å²) in [6, 6.07) is 4.31. The SMILES string of the molecule is CCOC1CC(N)(C(=O)NCC(C)(C)c2ccc(F)cc2Cl)C1(C)C.Cl. The summed E-state index contributed by atoms with van der Waals surface area (Å²) in [7, 11) is 0. The first-order valence-corrected chi connectivity index (χ1v) is 8.98. The molecule has 3 N–H and O–H groups in total. The fourth-order valence-corrected chi connectivity index (χ4v) is 3.84. The van der Waals surface area contributed by atoms with Crippen LogP contribution in [-0.4, -0.2) is 30.7 Å². The van der Waals surface area contributed by atoms with Gasteiger partial charge in [0.25, 0.3) is 0 Å². The van der Waals surface area contributed by atoms with E-state index in [0.717, 1.165) is 5.56 Å². The number of hydrogen-bond donors (Lipinski definition) is 2. The number of carbonyl (C=O) groups excluding carboxylic acids is 1. The molecular formula is C19H29Cl2FN2O2. The van der Waals surface area contributed by atoms with Gasteiger partial charge in [0.05, 0.1) is 6.10 Å². The number of hydrogen-bond acceptors (Lipinski definition) is 3. The zero-order chi connectivity index (χ0) is 19.0. The predicted molar refractivity (Wildman–Crippen MR) is 105 cm³/mol. The smallest absolute Gasteiger partial charge is 0.240 e. The summed E-state index contributed by atoms with van der Waals surface area (Å²) in [5, 5.41) is 3.30. The normalized spacial score (nSPS) is 24.4. The molecular weight excluding hydrogens is 378 g/mol. The molecule has 1 amide bonds. The topological polar surface area (TPSA) is 64.3 Å². The van der Waals surface area contributed by atoms with Gasteiger partial charge in [-0.15, -0.1) is 12.4 Å². The van der Waals surface area contributed by atoms with Crippen LogP contribution in [0.5, 0.6) is 0 Å². The molecule has 0 aliphatic heterocycles. The van der Waals surface area contributed by atoms with Crippen LogP contribution >= 0.6 is 24.0 Å². The van der Waals surface area contributed by atoms with Gasteiger partial charge in [-0.1, -0.05) is 45.4 Å². The Balaban J connectivity index is 0.00000338. The lowest BCUT2D eigenvalue weighted by Crippen LogP contribution is -2.76. The second-order valence-electron chi connectivity index (χ2n) is 8.03. The van der Waals surface area contributed by atoms with Crippen molar-refractivity contribution in [2.45, 2.75) is 58.1 Å². The van der Waals surface area contributed by atoms with Crippen LogP contribution < -0.4 is 11.1 Å². The molecule has 0 radical (unpaired) electrons. The monoisotopic (exact) mass is 406 g/mol. The summed E-state index contributed by atoms with van der Waals surface area (Å²) in [5.74, 6) is -0.576. The second-order valence-corrected chi connectivity index (χ2v) is 8.44. The third kappa shape index (κ3) is 4.01. The molecule has 4 nitrogen and oxygen atoms in total. The molecule has 1 aromatic rings. The molecule has 0 aromatic heterocycles. The Bertz CT molecular complexity index is 667. The van der Waals surface area contributed by atoms with Crippen molar-refractivity contribution in [3.05, 3.63) is 34.6 Å². The van der Waals surface area contributed by atoms with Crippen molar-refractivity contribution in [2.24, 2.45) is 11.1 Å².